The second-order valence-corrected chi connectivity index (χ2v) is 7.76. The van der Waals surface area contributed by atoms with E-state index >= 15 is 0 Å². The van der Waals surface area contributed by atoms with E-state index in [0.29, 0.717) is 27.6 Å². The third-order valence-electron chi connectivity index (χ3n) is 4.45. The van der Waals surface area contributed by atoms with Crippen molar-refractivity contribution in [2.45, 2.75) is 31.5 Å². The molecule has 0 bridgehead atoms. The van der Waals surface area contributed by atoms with Crippen LogP contribution in [-0.2, 0) is 11.0 Å². The van der Waals surface area contributed by atoms with Crippen LogP contribution < -0.4 is 5.32 Å². The third-order valence-corrected chi connectivity index (χ3v) is 5.74. The lowest BCUT2D eigenvalue weighted by molar-refractivity contribution is -0.138. The van der Waals surface area contributed by atoms with E-state index in [1.165, 1.54) is 12.2 Å². The highest BCUT2D eigenvalue weighted by Crippen LogP contribution is 2.36. The summed E-state index contributed by atoms with van der Waals surface area (Å²) in [7, 11) is 0. The van der Waals surface area contributed by atoms with Crippen molar-refractivity contribution in [2.75, 3.05) is 0 Å². The fraction of sp³-hybridized carbons (Fsp3) is 0.278. The molecule has 0 radical (unpaired) electrons. The van der Waals surface area contributed by atoms with Gasteiger partial charge in [0.1, 0.15) is 5.69 Å². The number of nitrogens with one attached hydrogen (secondary N) is 1. The average Bonchev–Trinajstić information content (AvgIpc) is 3.15. The monoisotopic (exact) mass is 426 g/mol. The summed E-state index contributed by atoms with van der Waals surface area (Å²) in [5.74, 6) is -0.309. The zero-order valence-corrected chi connectivity index (χ0v) is 15.9. The van der Waals surface area contributed by atoms with Gasteiger partial charge in [0.25, 0.3) is 0 Å². The Balaban J connectivity index is 1.77. The second-order valence-electron chi connectivity index (χ2n) is 6.39. The first-order valence-corrected chi connectivity index (χ1v) is 9.72. The first kappa shape index (κ1) is 18.9. The van der Waals surface area contributed by atoms with Crippen molar-refractivity contribution >= 4 is 39.9 Å². The van der Waals surface area contributed by atoms with Crippen molar-refractivity contribution in [1.82, 2.24) is 19.9 Å². The predicted molar refractivity (Wildman–Crippen MR) is 101 cm³/mol. The van der Waals surface area contributed by atoms with E-state index in [9.17, 15) is 18.0 Å². The molecular weight excluding hydrogens is 413 g/mol. The van der Waals surface area contributed by atoms with Crippen LogP contribution >= 0.6 is 22.9 Å². The van der Waals surface area contributed by atoms with E-state index in [-0.39, 0.29) is 22.6 Å². The van der Waals surface area contributed by atoms with Gasteiger partial charge in [0.05, 0.1) is 10.7 Å². The van der Waals surface area contributed by atoms with Gasteiger partial charge in [-0.3, -0.25) is 4.79 Å². The Hall–Kier alpha value is -2.39. The van der Waals surface area contributed by atoms with Gasteiger partial charge >= 0.3 is 6.18 Å². The molecule has 1 aliphatic rings. The molecule has 1 aromatic carbocycles. The number of rotatable bonds is 4. The first-order valence-electron chi connectivity index (χ1n) is 8.53. The van der Waals surface area contributed by atoms with Gasteiger partial charge < -0.3 is 5.32 Å². The number of hydrogen-bond acceptors (Lipinski definition) is 4. The molecule has 2 aromatic heterocycles. The summed E-state index contributed by atoms with van der Waals surface area (Å²) in [6.45, 7) is 0. The number of hydrogen-bond donors (Lipinski definition) is 1. The van der Waals surface area contributed by atoms with Crippen LogP contribution in [0.1, 0.15) is 30.0 Å². The topological polar surface area (TPSA) is 59.3 Å². The van der Waals surface area contributed by atoms with Crippen LogP contribution in [-0.4, -0.2) is 26.5 Å². The van der Waals surface area contributed by atoms with Gasteiger partial charge in [-0.2, -0.15) is 13.2 Å². The fourth-order valence-corrected chi connectivity index (χ4v) is 3.84. The van der Waals surface area contributed by atoms with E-state index in [0.717, 1.165) is 23.8 Å². The van der Waals surface area contributed by atoms with Crippen molar-refractivity contribution in [1.29, 1.82) is 0 Å². The van der Waals surface area contributed by atoms with Gasteiger partial charge in [-0.05, 0) is 31.4 Å². The van der Waals surface area contributed by atoms with E-state index < -0.39 is 11.2 Å². The summed E-state index contributed by atoms with van der Waals surface area (Å²) in [6, 6.07) is 7.02. The Morgan fingerprint density at radius 1 is 1.32 bits per heavy atom. The minimum atomic E-state index is -4.57. The Morgan fingerprint density at radius 3 is 2.71 bits per heavy atom. The number of aromatic nitrogens is 3. The number of carbonyl (C=O) groups excluding carboxylic acids is 1. The summed E-state index contributed by atoms with van der Waals surface area (Å²) in [6.07, 6.45) is 1.08. The second kappa shape index (κ2) is 7.21. The summed E-state index contributed by atoms with van der Waals surface area (Å²) in [5, 5.41) is 5.89. The van der Waals surface area contributed by atoms with E-state index in [1.807, 2.05) is 0 Å². The maximum atomic E-state index is 13.0. The zero-order chi connectivity index (χ0) is 19.9. The van der Waals surface area contributed by atoms with Gasteiger partial charge in [-0.15, -0.1) is 5.10 Å². The molecule has 5 nitrogen and oxygen atoms in total. The van der Waals surface area contributed by atoms with Gasteiger partial charge in [0.2, 0.25) is 15.9 Å². The van der Waals surface area contributed by atoms with Crippen LogP contribution in [0.2, 0.25) is 5.02 Å². The number of alkyl halides is 3. The van der Waals surface area contributed by atoms with Gasteiger partial charge in [0, 0.05) is 17.7 Å². The molecule has 0 aliphatic heterocycles. The van der Waals surface area contributed by atoms with Gasteiger partial charge in [0.15, 0.2) is 0 Å². The van der Waals surface area contributed by atoms with E-state index in [4.69, 9.17) is 11.6 Å². The van der Waals surface area contributed by atoms with Crippen LogP contribution in [0.15, 0.2) is 30.3 Å². The van der Waals surface area contributed by atoms with Crippen molar-refractivity contribution < 1.29 is 18.0 Å². The smallest absolute Gasteiger partial charge is 0.350 e. The molecule has 146 valence electrons. The van der Waals surface area contributed by atoms with Crippen LogP contribution in [0.5, 0.6) is 0 Å². The molecule has 0 saturated heterocycles. The number of fused-ring (bicyclic) bond motifs is 1. The maximum absolute atomic E-state index is 13.0. The van der Waals surface area contributed by atoms with Gasteiger partial charge in [-0.25, -0.2) is 9.50 Å². The first-order chi connectivity index (χ1) is 13.3. The summed E-state index contributed by atoms with van der Waals surface area (Å²) in [5.41, 5.74) is 1.18. The molecule has 0 atom stereocenters. The molecule has 4 rings (SSSR count). The molecule has 1 amide bonds. The van der Waals surface area contributed by atoms with Crippen LogP contribution in [0.4, 0.5) is 13.2 Å². The predicted octanol–water partition coefficient (Wildman–Crippen LogP) is 4.81. The Kier molecular flexibility index (Phi) is 4.88. The summed E-state index contributed by atoms with van der Waals surface area (Å²) >= 11 is 6.67. The van der Waals surface area contributed by atoms with E-state index in [2.05, 4.69) is 15.4 Å². The van der Waals surface area contributed by atoms with Gasteiger partial charge in [-0.1, -0.05) is 41.1 Å². The maximum Gasteiger partial charge on any atom is 0.445 e. The van der Waals surface area contributed by atoms with Crippen molar-refractivity contribution in [3.8, 4) is 11.3 Å². The quantitative estimate of drug-likeness (QED) is 0.609. The number of benzene rings is 1. The molecule has 1 saturated carbocycles. The third kappa shape index (κ3) is 3.64. The Labute approximate surface area is 166 Å². The molecule has 1 N–H and O–H groups in total. The molecule has 3 aromatic rings. The molecule has 0 spiro atoms. The highest BCUT2D eigenvalue weighted by atomic mass is 35.5. The van der Waals surface area contributed by atoms with Crippen LogP contribution in [0.3, 0.4) is 0 Å². The minimum absolute atomic E-state index is 0.0706. The highest BCUT2D eigenvalue weighted by Gasteiger charge is 2.36. The molecule has 0 unspecified atom stereocenters. The zero-order valence-electron chi connectivity index (χ0n) is 14.3. The molecular formula is C18H14ClF3N4OS. The molecule has 1 fully saturated rings. The summed E-state index contributed by atoms with van der Waals surface area (Å²) < 4.78 is 40.2. The lowest BCUT2D eigenvalue weighted by Crippen LogP contribution is -2.38. The summed E-state index contributed by atoms with van der Waals surface area (Å²) in [4.78, 5) is 16.5. The molecule has 1 aliphatic carbocycles. The molecule has 2 heterocycles. The van der Waals surface area contributed by atoms with Crippen LogP contribution in [0, 0.1) is 0 Å². The minimum Gasteiger partial charge on any atom is -0.350 e. The fourth-order valence-electron chi connectivity index (χ4n) is 2.84. The lowest BCUT2D eigenvalue weighted by atomic mass is 9.93. The number of carbonyl (C=O) groups is 1. The number of halogens is 4. The van der Waals surface area contributed by atoms with Crippen LogP contribution in [0.25, 0.3) is 22.3 Å². The lowest BCUT2D eigenvalue weighted by Gasteiger charge is -2.25. The standard InChI is InChI=1S/C18H14ClF3N4OS/c19-12-7-2-1-6-11(12)15-13(8-9-14(27)23-10-4-3-5-10)26-17(24-15)28-16(25-26)18(20,21)22/h1-2,6-10H,3-5H2,(H,23,27). The Bertz CT molecular complexity index is 1070. The molecule has 28 heavy (non-hydrogen) atoms. The number of amides is 1. The Morgan fingerprint density at radius 2 is 2.07 bits per heavy atom. The van der Waals surface area contributed by atoms with Crippen molar-refractivity contribution in [3.05, 3.63) is 46.1 Å². The van der Waals surface area contributed by atoms with Crippen molar-refractivity contribution in [2.24, 2.45) is 0 Å². The highest BCUT2D eigenvalue weighted by molar-refractivity contribution is 7.16. The number of nitrogens with zero attached hydrogens (tertiary/aromatic N) is 3. The SMILES string of the molecule is O=C(C=Cc1c(-c2ccccc2Cl)nc2sc(C(F)(F)F)nn12)NC1CCC1. The largest absolute Gasteiger partial charge is 0.445 e. The average molecular weight is 427 g/mol. The van der Waals surface area contributed by atoms with Crippen molar-refractivity contribution in [3.63, 3.8) is 0 Å². The normalized spacial score (nSPS) is 15.3. The van der Waals surface area contributed by atoms with E-state index in [1.54, 1.807) is 24.3 Å². The molecule has 10 heteroatoms. The number of imidazole rings is 1.